The number of hydrogen-bond donors (Lipinski definition) is 1. The molecule has 0 aliphatic heterocycles. The van der Waals surface area contributed by atoms with Crippen molar-refractivity contribution in [1.82, 2.24) is 9.88 Å². The summed E-state index contributed by atoms with van der Waals surface area (Å²) in [6.07, 6.45) is 0.0583. The lowest BCUT2D eigenvalue weighted by molar-refractivity contribution is -0.130. The molecule has 0 aliphatic rings. The zero-order valence-corrected chi connectivity index (χ0v) is 15.9. The molecule has 0 saturated carbocycles. The van der Waals surface area contributed by atoms with Crippen molar-refractivity contribution < 1.29 is 17.8 Å². The molecule has 2 aromatic rings. The molecule has 1 aromatic carbocycles. The van der Waals surface area contributed by atoms with E-state index in [0.717, 1.165) is 9.87 Å². The molecule has 2 rings (SSSR count). The van der Waals surface area contributed by atoms with Gasteiger partial charge in [-0.2, -0.15) is 12.7 Å². The normalized spacial score (nSPS) is 11.2. The second-order valence-electron chi connectivity index (χ2n) is 5.81. The summed E-state index contributed by atoms with van der Waals surface area (Å²) >= 11 is 0. The summed E-state index contributed by atoms with van der Waals surface area (Å²) in [4.78, 5) is 18.2. The lowest BCUT2D eigenvalue weighted by Gasteiger charge is -2.21. The number of nitrogens with zero attached hydrogens (tertiary/aromatic N) is 3. The van der Waals surface area contributed by atoms with E-state index >= 15 is 0 Å². The highest BCUT2D eigenvalue weighted by Gasteiger charge is 2.24. The number of likely N-dealkylation sites (N-methyl/N-ethyl adjacent to an activating group) is 1. The molecule has 7 nitrogen and oxygen atoms in total. The van der Waals surface area contributed by atoms with Crippen molar-refractivity contribution in [2.24, 2.45) is 0 Å². The van der Waals surface area contributed by atoms with Crippen molar-refractivity contribution in [1.29, 1.82) is 0 Å². The smallest absolute Gasteiger partial charge is 0.343 e. The van der Waals surface area contributed by atoms with Crippen LogP contribution < -0.4 is 4.31 Å². The fourth-order valence-corrected chi connectivity index (χ4v) is 3.31. The molecule has 1 N–H and O–H groups in total. The molecule has 0 radical (unpaired) electrons. The van der Waals surface area contributed by atoms with E-state index in [2.05, 4.69) is 4.98 Å². The van der Waals surface area contributed by atoms with Gasteiger partial charge in [-0.3, -0.25) is 9.35 Å². The zero-order chi connectivity index (χ0) is 19.3. The van der Waals surface area contributed by atoms with Gasteiger partial charge in [0.2, 0.25) is 5.91 Å². The number of pyridine rings is 1. The Labute approximate surface area is 154 Å². The molecule has 8 heteroatoms. The minimum absolute atomic E-state index is 0.0289. The third-order valence-corrected chi connectivity index (χ3v) is 4.81. The van der Waals surface area contributed by atoms with Crippen molar-refractivity contribution >= 4 is 27.7 Å². The molecule has 0 atom stereocenters. The molecule has 1 amide bonds. The van der Waals surface area contributed by atoms with E-state index in [1.165, 1.54) is 6.07 Å². The number of amides is 1. The van der Waals surface area contributed by atoms with Crippen LogP contribution in [0.2, 0.25) is 0 Å². The average Bonchev–Trinajstić information content (AvgIpc) is 2.57. The summed E-state index contributed by atoms with van der Waals surface area (Å²) in [6, 6.07) is 11.4. The van der Waals surface area contributed by atoms with Gasteiger partial charge in [-0.15, -0.1) is 0 Å². The second-order valence-corrected chi connectivity index (χ2v) is 7.07. The van der Waals surface area contributed by atoms with Crippen molar-refractivity contribution in [2.75, 3.05) is 17.4 Å². The molecule has 140 valence electrons. The highest BCUT2D eigenvalue weighted by Crippen LogP contribution is 2.27. The fourth-order valence-electron chi connectivity index (χ4n) is 2.59. The Morgan fingerprint density at radius 3 is 2.23 bits per heavy atom. The van der Waals surface area contributed by atoms with Crippen molar-refractivity contribution in [2.45, 2.75) is 27.2 Å². The van der Waals surface area contributed by atoms with Gasteiger partial charge >= 0.3 is 10.3 Å². The van der Waals surface area contributed by atoms with E-state index in [4.69, 9.17) is 0 Å². The molecule has 0 unspecified atom stereocenters. The van der Waals surface area contributed by atoms with Crippen molar-refractivity contribution in [3.8, 4) is 0 Å². The SMILES string of the molecule is CCN(CC)C(=O)Cc1cccc(N(c2ccc(C)cc2)S(=O)(=O)O)n1. The first-order chi connectivity index (χ1) is 12.3. The Morgan fingerprint density at radius 2 is 1.69 bits per heavy atom. The fraction of sp³-hybridized carbons (Fsp3) is 0.333. The average molecular weight is 377 g/mol. The third-order valence-electron chi connectivity index (χ3n) is 3.95. The lowest BCUT2D eigenvalue weighted by Crippen LogP contribution is -2.32. The summed E-state index contributed by atoms with van der Waals surface area (Å²) in [5, 5.41) is 0. The monoisotopic (exact) mass is 377 g/mol. The van der Waals surface area contributed by atoms with Gasteiger partial charge in [0.15, 0.2) is 0 Å². The van der Waals surface area contributed by atoms with Crippen LogP contribution in [0.5, 0.6) is 0 Å². The number of carbonyl (C=O) groups excluding carboxylic acids is 1. The number of rotatable bonds is 7. The van der Waals surface area contributed by atoms with Crippen LogP contribution >= 0.6 is 0 Å². The molecule has 0 saturated heterocycles. The number of benzene rings is 1. The van der Waals surface area contributed by atoms with Gasteiger partial charge in [-0.05, 0) is 45.0 Å². The van der Waals surface area contributed by atoms with Crippen molar-refractivity contribution in [3.63, 3.8) is 0 Å². The Hall–Kier alpha value is -2.45. The Kier molecular flexibility index (Phi) is 6.33. The molecule has 0 aliphatic carbocycles. The van der Waals surface area contributed by atoms with Crippen LogP contribution in [0.25, 0.3) is 0 Å². The molecule has 1 heterocycles. The first kappa shape index (κ1) is 19.9. The largest absolute Gasteiger partial charge is 0.365 e. The number of hydrogen-bond acceptors (Lipinski definition) is 4. The van der Waals surface area contributed by atoms with Gasteiger partial charge in [0.05, 0.1) is 17.8 Å². The molecule has 0 fully saturated rings. The van der Waals surface area contributed by atoms with Crippen LogP contribution in [0, 0.1) is 6.92 Å². The van der Waals surface area contributed by atoms with E-state index in [1.807, 2.05) is 20.8 Å². The van der Waals surface area contributed by atoms with Gasteiger partial charge in [0, 0.05) is 13.1 Å². The molecule has 0 spiro atoms. The minimum Gasteiger partial charge on any atom is -0.343 e. The predicted molar refractivity (Wildman–Crippen MR) is 101 cm³/mol. The van der Waals surface area contributed by atoms with Crippen LogP contribution in [0.15, 0.2) is 42.5 Å². The summed E-state index contributed by atoms with van der Waals surface area (Å²) in [7, 11) is -4.58. The van der Waals surface area contributed by atoms with Crippen LogP contribution in [-0.4, -0.2) is 41.9 Å². The third kappa shape index (κ3) is 4.80. The first-order valence-corrected chi connectivity index (χ1v) is 9.74. The molecular weight excluding hydrogens is 354 g/mol. The first-order valence-electron chi connectivity index (χ1n) is 8.34. The molecule has 0 bridgehead atoms. The highest BCUT2D eigenvalue weighted by molar-refractivity contribution is 7.87. The number of aryl methyl sites for hydroxylation is 1. The highest BCUT2D eigenvalue weighted by atomic mass is 32.2. The number of anilines is 2. The standard InChI is InChI=1S/C18H23N3O4S/c1-4-20(5-2)18(22)13-15-7-6-8-17(19-15)21(26(23,24)25)16-11-9-14(3)10-12-16/h6-12H,4-5,13H2,1-3H3,(H,23,24,25). The lowest BCUT2D eigenvalue weighted by atomic mass is 10.2. The number of aromatic nitrogens is 1. The Morgan fingerprint density at radius 1 is 1.08 bits per heavy atom. The predicted octanol–water partition coefficient (Wildman–Crippen LogP) is 2.74. The van der Waals surface area contributed by atoms with Gasteiger partial charge < -0.3 is 4.90 Å². The van der Waals surface area contributed by atoms with E-state index in [9.17, 15) is 17.8 Å². The maximum absolute atomic E-state index is 12.3. The van der Waals surface area contributed by atoms with Crippen LogP contribution in [-0.2, 0) is 21.5 Å². The molecular formula is C18H23N3O4S. The van der Waals surface area contributed by atoms with Gasteiger partial charge in [-0.1, -0.05) is 23.8 Å². The summed E-state index contributed by atoms with van der Waals surface area (Å²) in [5.41, 5.74) is 1.65. The maximum Gasteiger partial charge on any atom is 0.365 e. The number of carbonyl (C=O) groups is 1. The van der Waals surface area contributed by atoms with Crippen molar-refractivity contribution in [3.05, 3.63) is 53.7 Å². The summed E-state index contributed by atoms with van der Waals surface area (Å²) in [6.45, 7) is 6.84. The Bertz CT molecular complexity index is 862. The molecule has 1 aromatic heterocycles. The van der Waals surface area contributed by atoms with Gasteiger partial charge in [-0.25, -0.2) is 4.98 Å². The molecule has 26 heavy (non-hydrogen) atoms. The van der Waals surface area contributed by atoms with Gasteiger partial charge in [0.25, 0.3) is 0 Å². The van der Waals surface area contributed by atoms with E-state index in [0.29, 0.717) is 18.8 Å². The summed E-state index contributed by atoms with van der Waals surface area (Å²) < 4.78 is 34.3. The van der Waals surface area contributed by atoms with Crippen LogP contribution in [0.3, 0.4) is 0 Å². The van der Waals surface area contributed by atoms with Crippen LogP contribution in [0.1, 0.15) is 25.1 Å². The Balaban J connectivity index is 2.38. The van der Waals surface area contributed by atoms with E-state index in [-0.39, 0.29) is 23.8 Å². The van der Waals surface area contributed by atoms with Gasteiger partial charge in [0.1, 0.15) is 5.82 Å². The van der Waals surface area contributed by atoms with E-state index < -0.39 is 10.3 Å². The maximum atomic E-state index is 12.3. The zero-order valence-electron chi connectivity index (χ0n) is 15.1. The topological polar surface area (TPSA) is 90.8 Å². The van der Waals surface area contributed by atoms with Crippen LogP contribution in [0.4, 0.5) is 11.5 Å². The minimum atomic E-state index is -4.58. The van der Waals surface area contributed by atoms with E-state index in [1.54, 1.807) is 41.3 Å². The second kappa shape index (κ2) is 8.29. The quantitative estimate of drug-likeness (QED) is 0.749. The summed E-state index contributed by atoms with van der Waals surface area (Å²) in [5.74, 6) is -0.0606.